The highest BCUT2D eigenvalue weighted by Crippen LogP contribution is 2.19. The number of rotatable bonds is 18. The molecule has 2 heteroatoms. The van der Waals surface area contributed by atoms with Crippen molar-refractivity contribution in [2.75, 3.05) is 6.54 Å². The van der Waals surface area contributed by atoms with Gasteiger partial charge in [-0.25, -0.2) is 0 Å². The van der Waals surface area contributed by atoms with Gasteiger partial charge in [0.25, 0.3) is 0 Å². The highest BCUT2D eigenvalue weighted by atomic mass is 16.1. The highest BCUT2D eigenvalue weighted by Gasteiger charge is 2.17. The van der Waals surface area contributed by atoms with Crippen molar-refractivity contribution >= 4 is 5.91 Å². The Morgan fingerprint density at radius 2 is 1.18 bits per heavy atom. The van der Waals surface area contributed by atoms with Gasteiger partial charge in [-0.1, -0.05) is 128 Å². The number of nitrogens with one attached hydrogen (secondary N) is 1. The molecule has 1 N–H and O–H groups in total. The van der Waals surface area contributed by atoms with Crippen LogP contribution in [0.15, 0.2) is 30.3 Å². The van der Waals surface area contributed by atoms with E-state index in [1.807, 2.05) is 18.2 Å². The molecular weight excluding hydrogens is 342 g/mol. The van der Waals surface area contributed by atoms with Crippen molar-refractivity contribution in [3.8, 4) is 0 Å². The van der Waals surface area contributed by atoms with Gasteiger partial charge in [0.15, 0.2) is 0 Å². The van der Waals surface area contributed by atoms with Crippen LogP contribution >= 0.6 is 0 Å². The lowest BCUT2D eigenvalue weighted by atomic mass is 9.95. The largest absolute Gasteiger partial charge is 0.356 e. The van der Waals surface area contributed by atoms with Gasteiger partial charge in [0, 0.05) is 6.54 Å². The monoisotopic (exact) mass is 387 g/mol. The summed E-state index contributed by atoms with van der Waals surface area (Å²) in [6.45, 7) is 5.19. The molecule has 0 aliphatic rings. The zero-order chi connectivity index (χ0) is 20.3. The Morgan fingerprint density at radius 3 is 1.64 bits per heavy atom. The van der Waals surface area contributed by atoms with Gasteiger partial charge in [-0.15, -0.1) is 0 Å². The van der Waals surface area contributed by atoms with Gasteiger partial charge in [-0.3, -0.25) is 4.79 Å². The maximum absolute atomic E-state index is 12.4. The SMILES string of the molecule is CCCCCCCCCCCCCCCCNC(=O)C(CC)c1ccccc1. The molecule has 0 aliphatic heterocycles. The molecule has 0 heterocycles. The summed E-state index contributed by atoms with van der Waals surface area (Å²) in [5, 5.41) is 3.14. The Labute approximate surface area is 174 Å². The van der Waals surface area contributed by atoms with Gasteiger partial charge < -0.3 is 5.32 Å². The molecule has 0 aromatic heterocycles. The summed E-state index contributed by atoms with van der Waals surface area (Å²) < 4.78 is 0. The van der Waals surface area contributed by atoms with Crippen molar-refractivity contribution in [1.82, 2.24) is 5.32 Å². The molecule has 1 atom stereocenters. The molecule has 0 radical (unpaired) electrons. The van der Waals surface area contributed by atoms with E-state index in [1.54, 1.807) is 0 Å². The van der Waals surface area contributed by atoms with E-state index in [0.29, 0.717) is 0 Å². The van der Waals surface area contributed by atoms with Crippen LogP contribution in [0, 0.1) is 0 Å². The minimum atomic E-state index is -0.00663. The Kier molecular flexibility index (Phi) is 15.7. The lowest BCUT2D eigenvalue weighted by Gasteiger charge is -2.15. The molecule has 0 aliphatic carbocycles. The number of benzene rings is 1. The van der Waals surface area contributed by atoms with E-state index in [0.717, 1.165) is 24.9 Å². The smallest absolute Gasteiger partial charge is 0.227 e. The van der Waals surface area contributed by atoms with Crippen LogP contribution in [-0.4, -0.2) is 12.5 Å². The lowest BCUT2D eigenvalue weighted by Crippen LogP contribution is -2.29. The summed E-state index contributed by atoms with van der Waals surface area (Å²) in [6.07, 6.45) is 20.0. The van der Waals surface area contributed by atoms with Crippen molar-refractivity contribution in [2.24, 2.45) is 0 Å². The van der Waals surface area contributed by atoms with E-state index in [-0.39, 0.29) is 11.8 Å². The second-order valence-electron chi connectivity index (χ2n) is 8.26. The average molecular weight is 388 g/mol. The Balaban J connectivity index is 1.90. The average Bonchev–Trinajstić information content (AvgIpc) is 2.72. The van der Waals surface area contributed by atoms with Crippen molar-refractivity contribution in [3.63, 3.8) is 0 Å². The predicted octanol–water partition coefficient (Wildman–Crippen LogP) is 7.78. The first-order valence-corrected chi connectivity index (χ1v) is 12.1. The van der Waals surface area contributed by atoms with Gasteiger partial charge in [0.2, 0.25) is 5.91 Å². The number of amides is 1. The summed E-state index contributed by atoms with van der Waals surface area (Å²) in [5.41, 5.74) is 1.13. The summed E-state index contributed by atoms with van der Waals surface area (Å²) in [5.74, 6) is 0.177. The molecule has 1 amide bonds. The maximum atomic E-state index is 12.4. The fourth-order valence-electron chi connectivity index (χ4n) is 3.91. The zero-order valence-electron chi connectivity index (χ0n) is 18.7. The van der Waals surface area contributed by atoms with Crippen LogP contribution in [0.2, 0.25) is 0 Å². The first kappa shape index (κ1) is 24.7. The van der Waals surface area contributed by atoms with Gasteiger partial charge in [0.1, 0.15) is 0 Å². The van der Waals surface area contributed by atoms with Crippen LogP contribution in [0.4, 0.5) is 0 Å². The van der Waals surface area contributed by atoms with Crippen molar-refractivity contribution in [2.45, 2.75) is 116 Å². The van der Waals surface area contributed by atoms with Crippen LogP contribution in [0.5, 0.6) is 0 Å². The quantitative estimate of drug-likeness (QED) is 0.256. The fraction of sp³-hybridized carbons (Fsp3) is 0.731. The number of hydrogen-bond acceptors (Lipinski definition) is 1. The second kappa shape index (κ2) is 17.8. The standard InChI is InChI=1S/C26H45NO/c1-3-5-6-7-8-9-10-11-12-13-14-15-16-20-23-27-26(28)25(4-2)24-21-18-17-19-22-24/h17-19,21-22,25H,3-16,20,23H2,1-2H3,(H,27,28). The van der Waals surface area contributed by atoms with E-state index in [2.05, 4.69) is 31.3 Å². The molecule has 2 nitrogen and oxygen atoms in total. The van der Waals surface area contributed by atoms with E-state index < -0.39 is 0 Å². The molecular formula is C26H45NO. The molecule has 1 aromatic carbocycles. The van der Waals surface area contributed by atoms with Crippen LogP contribution < -0.4 is 5.32 Å². The molecule has 0 saturated carbocycles. The summed E-state index contributed by atoms with van der Waals surface area (Å²) in [7, 11) is 0. The van der Waals surface area contributed by atoms with Crippen LogP contribution in [0.3, 0.4) is 0 Å². The number of unbranched alkanes of at least 4 members (excludes halogenated alkanes) is 13. The summed E-state index contributed by atoms with van der Waals surface area (Å²) in [4.78, 5) is 12.4. The number of carbonyl (C=O) groups is 1. The normalized spacial score (nSPS) is 12.1. The number of hydrogen-bond donors (Lipinski definition) is 1. The van der Waals surface area contributed by atoms with E-state index in [1.165, 1.54) is 83.5 Å². The molecule has 1 aromatic rings. The van der Waals surface area contributed by atoms with Crippen molar-refractivity contribution < 1.29 is 4.79 Å². The molecule has 0 spiro atoms. The Hall–Kier alpha value is -1.31. The minimum absolute atomic E-state index is 0.00663. The third kappa shape index (κ3) is 12.2. The third-order valence-corrected chi connectivity index (χ3v) is 5.76. The van der Waals surface area contributed by atoms with Gasteiger partial charge >= 0.3 is 0 Å². The molecule has 28 heavy (non-hydrogen) atoms. The van der Waals surface area contributed by atoms with Gasteiger partial charge in [-0.2, -0.15) is 0 Å². The Morgan fingerprint density at radius 1 is 0.714 bits per heavy atom. The first-order valence-electron chi connectivity index (χ1n) is 12.1. The summed E-state index contributed by atoms with van der Waals surface area (Å²) >= 11 is 0. The molecule has 1 rings (SSSR count). The van der Waals surface area contributed by atoms with E-state index in [4.69, 9.17) is 0 Å². The summed E-state index contributed by atoms with van der Waals surface area (Å²) in [6, 6.07) is 10.1. The van der Waals surface area contributed by atoms with Gasteiger partial charge in [-0.05, 0) is 18.4 Å². The molecule has 1 unspecified atom stereocenters. The third-order valence-electron chi connectivity index (χ3n) is 5.76. The number of carbonyl (C=O) groups excluding carboxylic acids is 1. The topological polar surface area (TPSA) is 29.1 Å². The molecule has 0 fully saturated rings. The van der Waals surface area contributed by atoms with Crippen molar-refractivity contribution in [1.29, 1.82) is 0 Å². The first-order chi connectivity index (χ1) is 13.8. The van der Waals surface area contributed by atoms with Crippen LogP contribution in [-0.2, 0) is 4.79 Å². The maximum Gasteiger partial charge on any atom is 0.227 e. The lowest BCUT2D eigenvalue weighted by molar-refractivity contribution is -0.122. The van der Waals surface area contributed by atoms with E-state index >= 15 is 0 Å². The highest BCUT2D eigenvalue weighted by molar-refractivity contribution is 5.83. The fourth-order valence-corrected chi connectivity index (χ4v) is 3.91. The Bertz CT molecular complexity index is 471. The molecule has 0 saturated heterocycles. The molecule has 0 bridgehead atoms. The minimum Gasteiger partial charge on any atom is -0.356 e. The van der Waals surface area contributed by atoms with E-state index in [9.17, 15) is 4.79 Å². The molecule has 160 valence electrons. The van der Waals surface area contributed by atoms with Gasteiger partial charge in [0.05, 0.1) is 5.92 Å². The second-order valence-corrected chi connectivity index (χ2v) is 8.26. The van der Waals surface area contributed by atoms with Crippen LogP contribution in [0.1, 0.15) is 122 Å². The zero-order valence-corrected chi connectivity index (χ0v) is 18.7. The van der Waals surface area contributed by atoms with Crippen molar-refractivity contribution in [3.05, 3.63) is 35.9 Å². The predicted molar refractivity (Wildman–Crippen MR) is 123 cm³/mol. The van der Waals surface area contributed by atoms with Crippen LogP contribution in [0.25, 0.3) is 0 Å².